The van der Waals surface area contributed by atoms with Gasteiger partial charge < -0.3 is 14.3 Å². The highest BCUT2D eigenvalue weighted by Gasteiger charge is 2.15. The second-order valence-corrected chi connectivity index (χ2v) is 5.96. The Morgan fingerprint density at radius 2 is 1.87 bits per heavy atom. The maximum absolute atomic E-state index is 12.4. The Kier molecular flexibility index (Phi) is 4.90. The van der Waals surface area contributed by atoms with Gasteiger partial charge in [0.05, 0.1) is 6.54 Å². The van der Waals surface area contributed by atoms with E-state index in [9.17, 15) is 4.79 Å². The zero-order valence-corrected chi connectivity index (χ0v) is 13.4. The number of hydrogen-bond acceptors (Lipinski definition) is 5. The summed E-state index contributed by atoms with van der Waals surface area (Å²) in [6, 6.07) is 7.88. The number of aromatic nitrogens is 2. The lowest BCUT2D eigenvalue weighted by Gasteiger charge is -2.23. The van der Waals surface area contributed by atoms with E-state index in [1.54, 1.807) is 11.9 Å². The lowest BCUT2D eigenvalue weighted by atomic mass is 10.1. The third-order valence-corrected chi connectivity index (χ3v) is 4.22. The first-order valence-corrected chi connectivity index (χ1v) is 8.10. The molecular formula is C17H22N4O2. The van der Waals surface area contributed by atoms with Crippen LogP contribution in [0.15, 0.2) is 35.2 Å². The van der Waals surface area contributed by atoms with Crippen LogP contribution in [0, 0.1) is 0 Å². The van der Waals surface area contributed by atoms with Gasteiger partial charge >= 0.3 is 0 Å². The Bertz CT molecular complexity index is 617. The Hall–Kier alpha value is -2.37. The molecule has 0 bridgehead atoms. The number of benzene rings is 1. The number of nitrogens with zero attached hydrogens (tertiary/aromatic N) is 4. The smallest absolute Gasteiger partial charge is 0.254 e. The molecule has 23 heavy (non-hydrogen) atoms. The summed E-state index contributed by atoms with van der Waals surface area (Å²) < 4.78 is 4.69. The normalized spacial score (nSPS) is 15.3. The molecule has 1 amide bonds. The molecule has 1 aliphatic heterocycles. The molecule has 2 heterocycles. The quantitative estimate of drug-likeness (QED) is 0.868. The van der Waals surface area contributed by atoms with Crippen LogP contribution >= 0.6 is 0 Å². The summed E-state index contributed by atoms with van der Waals surface area (Å²) in [7, 11) is 1.74. The molecule has 1 aromatic heterocycles. The maximum Gasteiger partial charge on any atom is 0.254 e. The van der Waals surface area contributed by atoms with E-state index in [0.29, 0.717) is 17.9 Å². The van der Waals surface area contributed by atoms with Gasteiger partial charge in [0.25, 0.3) is 5.91 Å². The van der Waals surface area contributed by atoms with E-state index in [1.807, 2.05) is 24.3 Å². The zero-order valence-electron chi connectivity index (χ0n) is 13.4. The third kappa shape index (κ3) is 3.88. The minimum Gasteiger partial charge on any atom is -0.372 e. The molecule has 0 N–H and O–H groups in total. The number of carbonyl (C=O) groups excluding carboxylic acids is 1. The molecule has 1 fully saturated rings. The van der Waals surface area contributed by atoms with Gasteiger partial charge in [-0.1, -0.05) is 18.0 Å². The molecule has 1 aromatic carbocycles. The van der Waals surface area contributed by atoms with Crippen molar-refractivity contribution in [3.05, 3.63) is 42.0 Å². The highest BCUT2D eigenvalue weighted by Crippen LogP contribution is 2.20. The van der Waals surface area contributed by atoms with Crippen molar-refractivity contribution in [1.29, 1.82) is 0 Å². The Morgan fingerprint density at radius 1 is 1.17 bits per heavy atom. The maximum atomic E-state index is 12.4. The number of amides is 1. The zero-order chi connectivity index (χ0) is 16.1. The fourth-order valence-electron chi connectivity index (χ4n) is 2.91. The monoisotopic (exact) mass is 314 g/mol. The van der Waals surface area contributed by atoms with Crippen LogP contribution in [0.25, 0.3) is 0 Å². The van der Waals surface area contributed by atoms with Crippen LogP contribution in [0.4, 0.5) is 5.69 Å². The van der Waals surface area contributed by atoms with Crippen molar-refractivity contribution in [3.63, 3.8) is 0 Å². The molecule has 0 unspecified atom stereocenters. The molecule has 0 radical (unpaired) electrons. The lowest BCUT2D eigenvalue weighted by molar-refractivity contribution is 0.0780. The highest BCUT2D eigenvalue weighted by molar-refractivity contribution is 5.94. The van der Waals surface area contributed by atoms with E-state index in [0.717, 1.165) is 13.1 Å². The molecule has 2 aromatic rings. The van der Waals surface area contributed by atoms with Gasteiger partial charge in [-0.25, -0.2) is 0 Å². The Morgan fingerprint density at radius 3 is 2.48 bits per heavy atom. The first kappa shape index (κ1) is 15.5. The summed E-state index contributed by atoms with van der Waals surface area (Å²) in [4.78, 5) is 20.4. The Balaban J connectivity index is 1.64. The van der Waals surface area contributed by atoms with Gasteiger partial charge in [-0.15, -0.1) is 0 Å². The van der Waals surface area contributed by atoms with E-state index in [-0.39, 0.29) is 5.91 Å². The average Bonchev–Trinajstić information content (AvgIpc) is 2.94. The minimum absolute atomic E-state index is 0.0442. The second kappa shape index (κ2) is 7.26. The van der Waals surface area contributed by atoms with Crippen molar-refractivity contribution >= 4 is 11.6 Å². The highest BCUT2D eigenvalue weighted by atomic mass is 16.5. The number of hydrogen-bond donors (Lipinski definition) is 0. The topological polar surface area (TPSA) is 62.5 Å². The van der Waals surface area contributed by atoms with E-state index < -0.39 is 0 Å². The number of carbonyl (C=O) groups is 1. The molecule has 122 valence electrons. The van der Waals surface area contributed by atoms with Gasteiger partial charge in [0.2, 0.25) is 6.39 Å². The molecule has 1 saturated heterocycles. The lowest BCUT2D eigenvalue weighted by Crippen LogP contribution is -2.27. The van der Waals surface area contributed by atoms with E-state index >= 15 is 0 Å². The first-order chi connectivity index (χ1) is 11.2. The summed E-state index contributed by atoms with van der Waals surface area (Å²) in [6.45, 7) is 2.54. The van der Waals surface area contributed by atoms with E-state index in [4.69, 9.17) is 0 Å². The van der Waals surface area contributed by atoms with Crippen LogP contribution in [-0.2, 0) is 6.54 Å². The van der Waals surface area contributed by atoms with Crippen LogP contribution in [0.3, 0.4) is 0 Å². The van der Waals surface area contributed by atoms with Gasteiger partial charge in [-0.3, -0.25) is 4.79 Å². The average molecular weight is 314 g/mol. The van der Waals surface area contributed by atoms with Crippen LogP contribution in [0.5, 0.6) is 0 Å². The fourth-order valence-corrected chi connectivity index (χ4v) is 2.91. The van der Waals surface area contributed by atoms with E-state index in [1.165, 1.54) is 37.8 Å². The van der Waals surface area contributed by atoms with Crippen molar-refractivity contribution in [2.75, 3.05) is 25.0 Å². The number of anilines is 1. The van der Waals surface area contributed by atoms with Gasteiger partial charge in [-0.2, -0.15) is 4.98 Å². The van der Waals surface area contributed by atoms with Crippen molar-refractivity contribution in [3.8, 4) is 0 Å². The van der Waals surface area contributed by atoms with Crippen LogP contribution in [0.2, 0.25) is 0 Å². The van der Waals surface area contributed by atoms with Crippen molar-refractivity contribution in [1.82, 2.24) is 15.0 Å². The molecule has 1 aliphatic rings. The second-order valence-electron chi connectivity index (χ2n) is 5.96. The molecule has 0 atom stereocenters. The van der Waals surface area contributed by atoms with Crippen molar-refractivity contribution < 1.29 is 9.32 Å². The molecular weight excluding hydrogens is 292 g/mol. The summed E-state index contributed by atoms with van der Waals surface area (Å²) >= 11 is 0. The third-order valence-electron chi connectivity index (χ3n) is 4.22. The van der Waals surface area contributed by atoms with Gasteiger partial charge in [-0.05, 0) is 37.1 Å². The predicted octanol–water partition coefficient (Wildman–Crippen LogP) is 2.72. The van der Waals surface area contributed by atoms with Gasteiger partial charge in [0, 0.05) is 31.4 Å². The van der Waals surface area contributed by atoms with Crippen LogP contribution < -0.4 is 4.90 Å². The largest absolute Gasteiger partial charge is 0.372 e. The summed E-state index contributed by atoms with van der Waals surface area (Å²) in [6.07, 6.45) is 6.38. The molecule has 3 rings (SSSR count). The van der Waals surface area contributed by atoms with E-state index in [2.05, 4.69) is 19.6 Å². The summed E-state index contributed by atoms with van der Waals surface area (Å²) in [5.41, 5.74) is 1.87. The molecule has 0 spiro atoms. The molecule has 6 heteroatoms. The first-order valence-electron chi connectivity index (χ1n) is 8.10. The minimum atomic E-state index is -0.0442. The molecule has 0 saturated carbocycles. The van der Waals surface area contributed by atoms with Gasteiger partial charge in [0.1, 0.15) is 0 Å². The molecule has 0 aliphatic carbocycles. The van der Waals surface area contributed by atoms with Crippen molar-refractivity contribution in [2.24, 2.45) is 0 Å². The van der Waals surface area contributed by atoms with Crippen molar-refractivity contribution in [2.45, 2.75) is 32.2 Å². The summed E-state index contributed by atoms with van der Waals surface area (Å²) in [5, 5.41) is 3.73. The predicted molar refractivity (Wildman–Crippen MR) is 87.2 cm³/mol. The Labute approximate surface area is 136 Å². The summed E-state index contributed by atoms with van der Waals surface area (Å²) in [5.74, 6) is 0.458. The standard InChI is InChI=1S/C17H22N4O2/c1-20(12-16-18-13-23-19-16)17(22)14-6-8-15(9-7-14)21-10-4-2-3-5-11-21/h6-9,13H,2-5,10-12H2,1H3. The SMILES string of the molecule is CN(Cc1ncon1)C(=O)c1ccc(N2CCCCCC2)cc1. The van der Waals surface area contributed by atoms with Crippen LogP contribution in [0.1, 0.15) is 41.9 Å². The van der Waals surface area contributed by atoms with Gasteiger partial charge in [0.15, 0.2) is 5.82 Å². The molecule has 6 nitrogen and oxygen atoms in total. The fraction of sp³-hybridized carbons (Fsp3) is 0.471. The number of rotatable bonds is 4. The van der Waals surface area contributed by atoms with Crippen LogP contribution in [-0.4, -0.2) is 41.1 Å².